The van der Waals surface area contributed by atoms with Crippen LogP contribution in [0.25, 0.3) is 11.5 Å². The van der Waals surface area contributed by atoms with Crippen LogP contribution in [-0.4, -0.2) is 39.1 Å². The lowest BCUT2D eigenvalue weighted by atomic mass is 9.52. The first kappa shape index (κ1) is 22.1. The fourth-order valence-corrected chi connectivity index (χ4v) is 6.93. The molecule has 7 rings (SSSR count). The Morgan fingerprint density at radius 1 is 1.06 bits per heavy atom. The molecule has 2 aromatic heterocycles. The number of hydrogen-bond donors (Lipinski definition) is 0. The fraction of sp³-hybridized carbons (Fsp3) is 0.481. The molecule has 0 aliphatic heterocycles. The summed E-state index contributed by atoms with van der Waals surface area (Å²) in [4.78, 5) is 32.4. The van der Waals surface area contributed by atoms with Crippen LogP contribution >= 0.6 is 0 Å². The first-order chi connectivity index (χ1) is 17.0. The highest BCUT2D eigenvalue weighted by Gasteiger charge is 2.54. The van der Waals surface area contributed by atoms with Crippen molar-refractivity contribution in [3.8, 4) is 11.5 Å². The molecule has 2 heterocycles. The van der Waals surface area contributed by atoms with Crippen molar-refractivity contribution in [1.82, 2.24) is 15.0 Å². The Bertz CT molecular complexity index is 1180. The summed E-state index contributed by atoms with van der Waals surface area (Å²) in [5, 5.41) is 3.78. The maximum absolute atomic E-state index is 13.5. The number of ether oxygens (including phenoxy) is 1. The molecule has 1 amide bonds. The van der Waals surface area contributed by atoms with Crippen molar-refractivity contribution in [3.63, 3.8) is 0 Å². The van der Waals surface area contributed by atoms with Crippen LogP contribution in [0.15, 0.2) is 51.6 Å². The van der Waals surface area contributed by atoms with Gasteiger partial charge in [-0.2, -0.15) is 4.98 Å². The van der Waals surface area contributed by atoms with E-state index >= 15 is 0 Å². The van der Waals surface area contributed by atoms with Gasteiger partial charge in [0.25, 0.3) is 11.8 Å². The number of carbonyl (C=O) groups excluding carboxylic acids is 2. The summed E-state index contributed by atoms with van der Waals surface area (Å²) in [6.45, 7) is 1.87. The summed E-state index contributed by atoms with van der Waals surface area (Å²) in [6.07, 6.45) is 8.61. The summed E-state index contributed by atoms with van der Waals surface area (Å²) in [6, 6.07) is 10.5. The zero-order chi connectivity index (χ0) is 24.0. The van der Waals surface area contributed by atoms with Gasteiger partial charge in [0.1, 0.15) is 5.76 Å². The highest BCUT2D eigenvalue weighted by molar-refractivity contribution is 5.91. The molecule has 8 nitrogen and oxygen atoms in total. The lowest BCUT2D eigenvalue weighted by Crippen LogP contribution is -2.61. The van der Waals surface area contributed by atoms with Gasteiger partial charge in [0.15, 0.2) is 12.4 Å². The van der Waals surface area contributed by atoms with Crippen LogP contribution in [-0.2, 0) is 16.1 Å². The maximum atomic E-state index is 13.5. The number of benzene rings is 1. The summed E-state index contributed by atoms with van der Waals surface area (Å²) >= 11 is 0. The zero-order valence-electron chi connectivity index (χ0n) is 19.8. The Morgan fingerprint density at radius 3 is 2.31 bits per heavy atom. The maximum Gasteiger partial charge on any atom is 0.338 e. The molecule has 0 atom stereocenters. The Hall–Kier alpha value is -3.42. The van der Waals surface area contributed by atoms with Gasteiger partial charge in [-0.05, 0) is 99.6 Å². The van der Waals surface area contributed by atoms with Crippen LogP contribution in [0, 0.1) is 24.7 Å². The number of aryl methyl sites for hydroxylation is 1. The van der Waals surface area contributed by atoms with Gasteiger partial charge in [-0.15, -0.1) is 0 Å². The van der Waals surface area contributed by atoms with E-state index in [0.29, 0.717) is 47.1 Å². The van der Waals surface area contributed by atoms with E-state index in [4.69, 9.17) is 13.7 Å². The molecule has 0 spiro atoms. The van der Waals surface area contributed by atoms with E-state index in [1.165, 1.54) is 19.3 Å². The zero-order valence-corrected chi connectivity index (χ0v) is 19.8. The number of amides is 1. The molecule has 4 saturated carbocycles. The van der Waals surface area contributed by atoms with E-state index in [2.05, 4.69) is 10.1 Å². The molecule has 1 aromatic carbocycles. The second-order valence-electron chi connectivity index (χ2n) is 10.5. The van der Waals surface area contributed by atoms with Gasteiger partial charge in [-0.25, -0.2) is 4.79 Å². The number of hydrogen-bond acceptors (Lipinski definition) is 7. The van der Waals surface area contributed by atoms with Crippen molar-refractivity contribution >= 4 is 11.9 Å². The summed E-state index contributed by atoms with van der Waals surface area (Å²) in [5.41, 5.74) is 0.921. The average Bonchev–Trinajstić information content (AvgIpc) is 3.52. The van der Waals surface area contributed by atoms with Gasteiger partial charge in [0.05, 0.1) is 18.4 Å². The van der Waals surface area contributed by atoms with Gasteiger partial charge < -0.3 is 18.6 Å². The standard InChI is InChI=1S/C27H29N3O5/c1-17-28-25(35-29-17)21-4-6-22(7-5-21)26(32)34-16-24(31)30(15-23-3-2-8-33-23)27-12-18-9-19(13-27)11-20(10-18)14-27/h2-8,18-20H,9-16H2,1H3. The lowest BCUT2D eigenvalue weighted by Gasteiger charge is -2.60. The minimum atomic E-state index is -0.532. The second-order valence-corrected chi connectivity index (χ2v) is 10.5. The van der Waals surface area contributed by atoms with Crippen molar-refractivity contribution in [2.24, 2.45) is 17.8 Å². The van der Waals surface area contributed by atoms with Crippen molar-refractivity contribution in [2.75, 3.05) is 6.61 Å². The molecule has 8 heteroatoms. The van der Waals surface area contributed by atoms with Gasteiger partial charge in [-0.1, -0.05) is 5.16 Å². The van der Waals surface area contributed by atoms with Crippen molar-refractivity contribution in [2.45, 2.75) is 57.5 Å². The minimum absolute atomic E-state index is 0.158. The normalized spacial score (nSPS) is 26.6. The fourth-order valence-electron chi connectivity index (χ4n) is 6.93. The topological polar surface area (TPSA) is 98.7 Å². The van der Waals surface area contributed by atoms with E-state index in [9.17, 15) is 9.59 Å². The highest BCUT2D eigenvalue weighted by atomic mass is 16.5. The third kappa shape index (κ3) is 4.26. The van der Waals surface area contributed by atoms with Gasteiger partial charge in [-0.3, -0.25) is 4.79 Å². The van der Waals surface area contributed by atoms with Crippen LogP contribution < -0.4 is 0 Å². The Balaban J connectivity index is 1.16. The van der Waals surface area contributed by atoms with E-state index in [-0.39, 0.29) is 18.1 Å². The third-order valence-corrected chi connectivity index (χ3v) is 8.00. The van der Waals surface area contributed by atoms with Crippen LogP contribution in [0.3, 0.4) is 0 Å². The SMILES string of the molecule is Cc1noc(-c2ccc(C(=O)OCC(=O)N(Cc3ccco3)C34CC5CC(CC(C5)C3)C4)cc2)n1. The molecule has 0 unspecified atom stereocenters. The second kappa shape index (κ2) is 8.66. The number of esters is 1. The molecule has 35 heavy (non-hydrogen) atoms. The highest BCUT2D eigenvalue weighted by Crippen LogP contribution is 2.58. The molecule has 4 aliphatic carbocycles. The number of rotatable bonds is 7. The number of carbonyl (C=O) groups is 2. The van der Waals surface area contributed by atoms with Crippen molar-refractivity contribution < 1.29 is 23.3 Å². The summed E-state index contributed by atoms with van der Waals surface area (Å²) in [7, 11) is 0. The molecule has 4 bridgehead atoms. The van der Waals surface area contributed by atoms with E-state index in [1.54, 1.807) is 37.5 Å². The van der Waals surface area contributed by atoms with E-state index < -0.39 is 5.97 Å². The predicted molar refractivity (Wildman–Crippen MR) is 125 cm³/mol. The Labute approximate surface area is 203 Å². The Morgan fingerprint density at radius 2 is 1.74 bits per heavy atom. The largest absolute Gasteiger partial charge is 0.467 e. The smallest absolute Gasteiger partial charge is 0.338 e. The number of aromatic nitrogens is 2. The van der Waals surface area contributed by atoms with Gasteiger partial charge in [0.2, 0.25) is 0 Å². The lowest BCUT2D eigenvalue weighted by molar-refractivity contribution is -0.156. The first-order valence-electron chi connectivity index (χ1n) is 12.4. The first-order valence-corrected chi connectivity index (χ1v) is 12.4. The van der Waals surface area contributed by atoms with Crippen molar-refractivity contribution in [1.29, 1.82) is 0 Å². The van der Waals surface area contributed by atoms with Crippen LogP contribution in [0.4, 0.5) is 0 Å². The third-order valence-electron chi connectivity index (χ3n) is 8.00. The molecule has 182 valence electrons. The molecular formula is C27H29N3O5. The molecule has 4 aliphatic rings. The van der Waals surface area contributed by atoms with Crippen LogP contribution in [0.5, 0.6) is 0 Å². The van der Waals surface area contributed by atoms with Crippen molar-refractivity contribution in [3.05, 3.63) is 59.8 Å². The Kier molecular flexibility index (Phi) is 5.46. The predicted octanol–water partition coefficient (Wildman–Crippen LogP) is 4.79. The van der Waals surface area contributed by atoms with Crippen LogP contribution in [0.2, 0.25) is 0 Å². The monoisotopic (exact) mass is 475 g/mol. The molecule has 4 fully saturated rings. The molecule has 0 radical (unpaired) electrons. The molecule has 3 aromatic rings. The van der Waals surface area contributed by atoms with E-state index in [1.807, 2.05) is 17.0 Å². The summed E-state index contributed by atoms with van der Waals surface area (Å²) in [5.74, 6) is 3.07. The summed E-state index contributed by atoms with van der Waals surface area (Å²) < 4.78 is 16.3. The average molecular weight is 476 g/mol. The number of furan rings is 1. The number of nitrogens with zero attached hydrogens (tertiary/aromatic N) is 3. The van der Waals surface area contributed by atoms with Gasteiger partial charge in [0, 0.05) is 11.1 Å². The van der Waals surface area contributed by atoms with Gasteiger partial charge >= 0.3 is 5.97 Å². The quantitative estimate of drug-likeness (QED) is 0.453. The van der Waals surface area contributed by atoms with E-state index in [0.717, 1.165) is 25.0 Å². The molecular weight excluding hydrogens is 446 g/mol. The molecule has 0 N–H and O–H groups in total. The minimum Gasteiger partial charge on any atom is -0.467 e. The molecule has 0 saturated heterocycles. The van der Waals surface area contributed by atoms with Crippen LogP contribution in [0.1, 0.15) is 60.5 Å².